The van der Waals surface area contributed by atoms with Crippen molar-refractivity contribution in [2.75, 3.05) is 6.61 Å². The lowest BCUT2D eigenvalue weighted by Crippen LogP contribution is -2.37. The first-order chi connectivity index (χ1) is 6.70. The molecular weight excluding hydrogens is 182 g/mol. The molecule has 2 amide bonds. The first kappa shape index (κ1) is 10.8. The maximum atomic E-state index is 11.5. The highest BCUT2D eigenvalue weighted by Crippen LogP contribution is 2.17. The Kier molecular flexibility index (Phi) is 3.68. The van der Waals surface area contributed by atoms with Crippen molar-refractivity contribution in [3.8, 4) is 0 Å². The van der Waals surface area contributed by atoms with E-state index in [9.17, 15) is 9.59 Å². The van der Waals surface area contributed by atoms with E-state index in [4.69, 9.17) is 4.74 Å². The summed E-state index contributed by atoms with van der Waals surface area (Å²) in [4.78, 5) is 23.9. The van der Waals surface area contributed by atoms with Gasteiger partial charge in [-0.2, -0.15) is 0 Å². The summed E-state index contributed by atoms with van der Waals surface area (Å²) in [6.45, 7) is 4.09. The van der Waals surface area contributed by atoms with Crippen molar-refractivity contribution >= 4 is 12.0 Å². The van der Waals surface area contributed by atoms with Crippen molar-refractivity contribution < 1.29 is 14.3 Å². The van der Waals surface area contributed by atoms with Crippen LogP contribution in [-0.4, -0.2) is 29.5 Å². The van der Waals surface area contributed by atoms with Crippen LogP contribution in [0.5, 0.6) is 0 Å². The maximum Gasteiger partial charge on any atom is 0.417 e. The molecule has 1 heterocycles. The quantitative estimate of drug-likeness (QED) is 0.647. The Morgan fingerprint density at radius 3 is 3.00 bits per heavy atom. The van der Waals surface area contributed by atoms with Gasteiger partial charge in [-0.05, 0) is 19.4 Å². The van der Waals surface area contributed by atoms with Crippen LogP contribution in [-0.2, 0) is 9.53 Å². The normalized spacial score (nSPS) is 21.7. The molecule has 0 radical (unpaired) electrons. The van der Waals surface area contributed by atoms with Gasteiger partial charge in [-0.15, -0.1) is 0 Å². The van der Waals surface area contributed by atoms with Crippen LogP contribution in [0.3, 0.4) is 0 Å². The summed E-state index contributed by atoms with van der Waals surface area (Å²) in [5, 5.41) is 0. The van der Waals surface area contributed by atoms with Crippen molar-refractivity contribution in [2.24, 2.45) is 0 Å². The molecule has 0 aromatic rings. The Labute approximate surface area is 83.5 Å². The monoisotopic (exact) mass is 197 g/mol. The van der Waals surface area contributed by atoms with Crippen molar-refractivity contribution in [1.82, 2.24) is 4.90 Å². The Bertz CT molecular complexity index is 260. The Morgan fingerprint density at radius 2 is 2.43 bits per heavy atom. The second-order valence-electron chi connectivity index (χ2n) is 3.23. The van der Waals surface area contributed by atoms with Crippen LogP contribution in [0.1, 0.15) is 26.7 Å². The van der Waals surface area contributed by atoms with E-state index in [2.05, 4.69) is 0 Å². The number of carbonyl (C=O) groups excluding carboxylic acids is 2. The molecule has 0 spiro atoms. The zero-order valence-electron chi connectivity index (χ0n) is 8.53. The summed E-state index contributed by atoms with van der Waals surface area (Å²) in [6.07, 6.45) is 4.22. The molecule has 1 aliphatic heterocycles. The van der Waals surface area contributed by atoms with E-state index < -0.39 is 6.09 Å². The lowest BCUT2D eigenvalue weighted by molar-refractivity contribution is -0.124. The van der Waals surface area contributed by atoms with Gasteiger partial charge in [-0.3, -0.25) is 4.79 Å². The lowest BCUT2D eigenvalue weighted by atomic mass is 10.1. The fourth-order valence-corrected chi connectivity index (χ4v) is 1.50. The Morgan fingerprint density at radius 1 is 1.71 bits per heavy atom. The van der Waals surface area contributed by atoms with Gasteiger partial charge in [0.05, 0.1) is 6.04 Å². The molecule has 4 heteroatoms. The molecule has 0 aliphatic carbocycles. The summed E-state index contributed by atoms with van der Waals surface area (Å²) >= 11 is 0. The van der Waals surface area contributed by atoms with Crippen molar-refractivity contribution in [3.05, 3.63) is 12.2 Å². The predicted octanol–water partition coefficient (Wildman–Crippen LogP) is 1.71. The van der Waals surface area contributed by atoms with Gasteiger partial charge in [0.15, 0.2) is 0 Å². The molecule has 0 aromatic heterocycles. The minimum absolute atomic E-state index is 0.0869. The third kappa shape index (κ3) is 2.13. The summed E-state index contributed by atoms with van der Waals surface area (Å²) in [5.41, 5.74) is 0. The lowest BCUT2D eigenvalue weighted by Gasteiger charge is -2.16. The minimum atomic E-state index is -0.522. The third-order valence-electron chi connectivity index (χ3n) is 2.13. The third-order valence-corrected chi connectivity index (χ3v) is 2.13. The molecule has 1 atom stereocenters. The number of allylic oxidation sites excluding steroid dienone is 1. The smallest absolute Gasteiger partial charge is 0.417 e. The first-order valence-corrected chi connectivity index (χ1v) is 4.83. The fourth-order valence-electron chi connectivity index (χ4n) is 1.50. The number of imide groups is 1. The number of amides is 2. The SMILES string of the molecule is C/C=C/C(=O)N1C(=O)OC[C@@H]1CCC. The van der Waals surface area contributed by atoms with E-state index >= 15 is 0 Å². The van der Waals surface area contributed by atoms with Crippen LogP contribution < -0.4 is 0 Å². The second-order valence-corrected chi connectivity index (χ2v) is 3.23. The molecular formula is C10H15NO3. The number of cyclic esters (lactones) is 1. The number of hydrogen-bond acceptors (Lipinski definition) is 3. The van der Waals surface area contributed by atoms with Gasteiger partial charge >= 0.3 is 6.09 Å². The molecule has 14 heavy (non-hydrogen) atoms. The Hall–Kier alpha value is -1.32. The first-order valence-electron chi connectivity index (χ1n) is 4.83. The van der Waals surface area contributed by atoms with Crippen molar-refractivity contribution in [1.29, 1.82) is 0 Å². The van der Waals surface area contributed by atoms with Crippen LogP contribution in [0, 0.1) is 0 Å². The number of ether oxygens (including phenoxy) is 1. The largest absolute Gasteiger partial charge is 0.447 e. The zero-order valence-corrected chi connectivity index (χ0v) is 8.53. The second kappa shape index (κ2) is 4.79. The predicted molar refractivity (Wildman–Crippen MR) is 51.7 cm³/mol. The number of hydrogen-bond donors (Lipinski definition) is 0. The number of rotatable bonds is 3. The topological polar surface area (TPSA) is 46.6 Å². The number of nitrogens with zero attached hydrogens (tertiary/aromatic N) is 1. The van der Waals surface area contributed by atoms with E-state index in [0.717, 1.165) is 12.8 Å². The molecule has 1 saturated heterocycles. The van der Waals surface area contributed by atoms with Gasteiger partial charge in [0.25, 0.3) is 5.91 Å². The van der Waals surface area contributed by atoms with Crippen LogP contribution in [0.15, 0.2) is 12.2 Å². The van der Waals surface area contributed by atoms with Crippen LogP contribution in [0.25, 0.3) is 0 Å². The van der Waals surface area contributed by atoms with Gasteiger partial charge in [-0.1, -0.05) is 19.4 Å². The van der Waals surface area contributed by atoms with E-state index in [-0.39, 0.29) is 11.9 Å². The highest BCUT2D eigenvalue weighted by Gasteiger charge is 2.35. The molecule has 0 saturated carbocycles. The molecule has 1 rings (SSSR count). The van der Waals surface area contributed by atoms with E-state index in [0.29, 0.717) is 6.61 Å². The van der Waals surface area contributed by atoms with Crippen LogP contribution in [0.2, 0.25) is 0 Å². The molecule has 0 unspecified atom stereocenters. The molecule has 1 aliphatic rings. The maximum absolute atomic E-state index is 11.5. The average Bonchev–Trinajstić information content (AvgIpc) is 2.48. The summed E-state index contributed by atoms with van der Waals surface area (Å²) < 4.78 is 4.83. The van der Waals surface area contributed by atoms with Crippen molar-refractivity contribution in [3.63, 3.8) is 0 Å². The van der Waals surface area contributed by atoms with Crippen LogP contribution in [0.4, 0.5) is 4.79 Å². The highest BCUT2D eigenvalue weighted by molar-refractivity contribution is 5.99. The number of carbonyl (C=O) groups is 2. The van der Waals surface area contributed by atoms with E-state index in [1.165, 1.54) is 11.0 Å². The fraction of sp³-hybridized carbons (Fsp3) is 0.600. The van der Waals surface area contributed by atoms with E-state index in [1.54, 1.807) is 13.0 Å². The zero-order chi connectivity index (χ0) is 10.6. The summed E-state index contributed by atoms with van der Waals surface area (Å²) in [7, 11) is 0. The summed E-state index contributed by atoms with van der Waals surface area (Å²) in [6, 6.07) is -0.0869. The van der Waals surface area contributed by atoms with Crippen molar-refractivity contribution in [2.45, 2.75) is 32.7 Å². The standard InChI is InChI=1S/C10H15NO3/c1-3-5-8-7-14-10(13)11(8)9(12)6-4-2/h4,6,8H,3,5,7H2,1-2H3/b6-4+/t8-/m0/s1. The molecule has 1 fully saturated rings. The van der Waals surface area contributed by atoms with E-state index in [1.807, 2.05) is 6.92 Å². The van der Waals surface area contributed by atoms with Gasteiger partial charge in [-0.25, -0.2) is 9.69 Å². The van der Waals surface area contributed by atoms with Gasteiger partial charge in [0.2, 0.25) is 0 Å². The van der Waals surface area contributed by atoms with Gasteiger partial charge in [0.1, 0.15) is 6.61 Å². The molecule has 0 N–H and O–H groups in total. The van der Waals surface area contributed by atoms with Gasteiger partial charge in [0, 0.05) is 0 Å². The minimum Gasteiger partial charge on any atom is -0.447 e. The van der Waals surface area contributed by atoms with Crippen LogP contribution >= 0.6 is 0 Å². The van der Waals surface area contributed by atoms with Gasteiger partial charge < -0.3 is 4.74 Å². The summed E-state index contributed by atoms with van der Waals surface area (Å²) in [5.74, 6) is -0.284. The molecule has 0 aromatic carbocycles. The molecule has 0 bridgehead atoms. The highest BCUT2D eigenvalue weighted by atomic mass is 16.6. The molecule has 4 nitrogen and oxygen atoms in total. The Balaban J connectivity index is 2.71. The molecule has 78 valence electrons. The average molecular weight is 197 g/mol.